The van der Waals surface area contributed by atoms with Crippen LogP contribution in [0.2, 0.25) is 0 Å². The van der Waals surface area contributed by atoms with Crippen LogP contribution in [-0.2, 0) is 16.5 Å². The van der Waals surface area contributed by atoms with E-state index in [9.17, 15) is 9.90 Å². The van der Waals surface area contributed by atoms with E-state index in [0.29, 0.717) is 0 Å². The molecule has 98 valence electrons. The molecule has 0 aliphatic heterocycles. The van der Waals surface area contributed by atoms with Gasteiger partial charge >= 0.3 is 0 Å². The second-order valence-electron chi connectivity index (χ2n) is 4.23. The summed E-state index contributed by atoms with van der Waals surface area (Å²) in [5.74, 6) is 0.0731. The number of carbonyl (C=O) groups is 1. The Morgan fingerprint density at radius 3 is 2.58 bits per heavy atom. The summed E-state index contributed by atoms with van der Waals surface area (Å²) in [5, 5.41) is 12.9. The second kappa shape index (κ2) is 6.38. The first-order valence-corrected chi connectivity index (χ1v) is 7.02. The molecule has 0 saturated heterocycles. The van der Waals surface area contributed by atoms with Gasteiger partial charge in [0.05, 0.1) is 6.42 Å². The number of alkyl halides is 1. The average molecular weight is 320 g/mol. The lowest BCUT2D eigenvalue weighted by Gasteiger charge is -2.07. The van der Waals surface area contributed by atoms with E-state index in [1.807, 2.05) is 30.3 Å². The summed E-state index contributed by atoms with van der Waals surface area (Å²) in [7, 11) is 0. The Morgan fingerprint density at radius 1 is 1.11 bits per heavy atom. The number of benzene rings is 2. The third-order valence-corrected chi connectivity index (χ3v) is 3.29. The van der Waals surface area contributed by atoms with Gasteiger partial charge in [0.1, 0.15) is 5.75 Å². The van der Waals surface area contributed by atoms with Crippen molar-refractivity contribution in [1.29, 1.82) is 0 Å². The van der Waals surface area contributed by atoms with E-state index in [-0.39, 0.29) is 18.1 Å². The van der Waals surface area contributed by atoms with E-state index < -0.39 is 0 Å². The van der Waals surface area contributed by atoms with Gasteiger partial charge in [0.2, 0.25) is 5.91 Å². The number of phenolic OH excluding ortho intramolecular Hbond substituents is 1. The van der Waals surface area contributed by atoms with Crippen LogP contribution in [0.25, 0.3) is 0 Å². The normalized spacial score (nSPS) is 10.2. The molecule has 1 amide bonds. The highest BCUT2D eigenvalue weighted by Gasteiger charge is 2.05. The standard InChI is InChI=1S/C15H14BrNO2/c16-10-12-4-1-5-13(7-12)17-15(19)9-11-3-2-6-14(18)8-11/h1-8,18H,9-10H2,(H,17,19). The Bertz CT molecular complexity index is 584. The van der Waals surface area contributed by atoms with Crippen molar-refractivity contribution in [3.8, 4) is 5.75 Å². The van der Waals surface area contributed by atoms with E-state index in [2.05, 4.69) is 21.2 Å². The van der Waals surface area contributed by atoms with Crippen molar-refractivity contribution in [2.24, 2.45) is 0 Å². The summed E-state index contributed by atoms with van der Waals surface area (Å²) >= 11 is 3.38. The van der Waals surface area contributed by atoms with Gasteiger partial charge in [0, 0.05) is 11.0 Å². The Kier molecular flexibility index (Phi) is 4.58. The third kappa shape index (κ3) is 4.10. The molecule has 0 atom stereocenters. The van der Waals surface area contributed by atoms with Crippen molar-refractivity contribution >= 4 is 27.5 Å². The van der Waals surface area contributed by atoms with Crippen molar-refractivity contribution in [3.05, 3.63) is 59.7 Å². The SMILES string of the molecule is O=C(Cc1cccc(O)c1)Nc1cccc(CBr)c1. The van der Waals surface area contributed by atoms with Crippen molar-refractivity contribution < 1.29 is 9.90 Å². The molecule has 0 saturated carbocycles. The molecule has 0 aliphatic rings. The zero-order chi connectivity index (χ0) is 13.7. The third-order valence-electron chi connectivity index (χ3n) is 2.64. The molecule has 2 rings (SSSR count). The molecular weight excluding hydrogens is 306 g/mol. The topological polar surface area (TPSA) is 49.3 Å². The van der Waals surface area contributed by atoms with Crippen molar-refractivity contribution in [2.45, 2.75) is 11.8 Å². The van der Waals surface area contributed by atoms with Gasteiger partial charge in [-0.05, 0) is 35.4 Å². The molecular formula is C15H14BrNO2. The van der Waals surface area contributed by atoms with Crippen molar-refractivity contribution in [3.63, 3.8) is 0 Å². The molecule has 2 aromatic carbocycles. The van der Waals surface area contributed by atoms with Crippen LogP contribution < -0.4 is 5.32 Å². The highest BCUT2D eigenvalue weighted by Crippen LogP contribution is 2.15. The first kappa shape index (κ1) is 13.6. The van der Waals surface area contributed by atoms with Crippen molar-refractivity contribution in [1.82, 2.24) is 0 Å². The van der Waals surface area contributed by atoms with E-state index in [0.717, 1.165) is 22.1 Å². The molecule has 2 N–H and O–H groups in total. The molecule has 0 aliphatic carbocycles. The number of amides is 1. The summed E-state index contributed by atoms with van der Waals surface area (Å²) in [6.07, 6.45) is 0.243. The first-order valence-electron chi connectivity index (χ1n) is 5.90. The summed E-state index contributed by atoms with van der Waals surface area (Å²) in [5.41, 5.74) is 2.67. The molecule has 0 bridgehead atoms. The summed E-state index contributed by atoms with van der Waals surface area (Å²) in [6.45, 7) is 0. The highest BCUT2D eigenvalue weighted by atomic mass is 79.9. The van der Waals surface area contributed by atoms with Crippen LogP contribution in [-0.4, -0.2) is 11.0 Å². The fraction of sp³-hybridized carbons (Fsp3) is 0.133. The summed E-state index contributed by atoms with van der Waals surface area (Å²) in [4.78, 5) is 11.9. The number of hydrogen-bond donors (Lipinski definition) is 2. The van der Waals surface area contributed by atoms with Crippen LogP contribution in [0.4, 0.5) is 5.69 Å². The number of aromatic hydroxyl groups is 1. The number of halogens is 1. The second-order valence-corrected chi connectivity index (χ2v) is 4.79. The number of carbonyl (C=O) groups excluding carboxylic acids is 1. The van der Waals surface area contributed by atoms with Gasteiger partial charge in [0.15, 0.2) is 0 Å². The minimum absolute atomic E-state index is 0.0997. The molecule has 0 unspecified atom stereocenters. The fourth-order valence-electron chi connectivity index (χ4n) is 1.79. The minimum atomic E-state index is -0.0997. The monoisotopic (exact) mass is 319 g/mol. The maximum atomic E-state index is 11.9. The predicted octanol–water partition coefficient (Wildman–Crippen LogP) is 3.47. The van der Waals surface area contributed by atoms with Gasteiger partial charge in [-0.25, -0.2) is 0 Å². The summed E-state index contributed by atoms with van der Waals surface area (Å²) < 4.78 is 0. The van der Waals surface area contributed by atoms with Crippen molar-refractivity contribution in [2.75, 3.05) is 5.32 Å². The van der Waals surface area contributed by atoms with Gasteiger partial charge in [-0.3, -0.25) is 4.79 Å². The van der Waals surface area contributed by atoms with Gasteiger partial charge in [-0.2, -0.15) is 0 Å². The fourth-order valence-corrected chi connectivity index (χ4v) is 2.14. The quantitative estimate of drug-likeness (QED) is 0.848. The number of phenols is 1. The Morgan fingerprint density at radius 2 is 1.84 bits per heavy atom. The van der Waals surface area contributed by atoms with Crippen LogP contribution >= 0.6 is 15.9 Å². The van der Waals surface area contributed by atoms with E-state index in [1.165, 1.54) is 0 Å². The number of hydrogen-bond acceptors (Lipinski definition) is 2. The van der Waals surface area contributed by atoms with E-state index in [1.54, 1.807) is 18.2 Å². The molecule has 0 aromatic heterocycles. The molecule has 0 radical (unpaired) electrons. The lowest BCUT2D eigenvalue weighted by atomic mass is 10.1. The van der Waals surface area contributed by atoms with Crippen LogP contribution in [0.1, 0.15) is 11.1 Å². The number of rotatable bonds is 4. The van der Waals surface area contributed by atoms with E-state index in [4.69, 9.17) is 0 Å². The largest absolute Gasteiger partial charge is 0.508 e. The van der Waals surface area contributed by atoms with Crippen LogP contribution in [0, 0.1) is 0 Å². The maximum Gasteiger partial charge on any atom is 0.228 e. The number of nitrogens with one attached hydrogen (secondary N) is 1. The highest BCUT2D eigenvalue weighted by molar-refractivity contribution is 9.08. The van der Waals surface area contributed by atoms with Gasteiger partial charge in [-0.1, -0.05) is 40.2 Å². The van der Waals surface area contributed by atoms with Crippen LogP contribution in [0.5, 0.6) is 5.75 Å². The first-order chi connectivity index (χ1) is 9.17. The van der Waals surface area contributed by atoms with Gasteiger partial charge in [-0.15, -0.1) is 0 Å². The smallest absolute Gasteiger partial charge is 0.228 e. The maximum absolute atomic E-state index is 11.9. The van der Waals surface area contributed by atoms with E-state index >= 15 is 0 Å². The predicted molar refractivity (Wildman–Crippen MR) is 79.5 cm³/mol. The average Bonchev–Trinajstić information content (AvgIpc) is 2.38. The molecule has 0 heterocycles. The Hall–Kier alpha value is -1.81. The molecule has 4 heteroatoms. The zero-order valence-corrected chi connectivity index (χ0v) is 11.9. The minimum Gasteiger partial charge on any atom is -0.508 e. The molecule has 3 nitrogen and oxygen atoms in total. The lowest BCUT2D eigenvalue weighted by Crippen LogP contribution is -2.14. The molecule has 2 aromatic rings. The Labute approximate surface area is 120 Å². The van der Waals surface area contributed by atoms with Gasteiger partial charge < -0.3 is 10.4 Å². The molecule has 19 heavy (non-hydrogen) atoms. The molecule has 0 spiro atoms. The lowest BCUT2D eigenvalue weighted by molar-refractivity contribution is -0.115. The summed E-state index contributed by atoms with van der Waals surface area (Å²) in [6, 6.07) is 14.4. The van der Waals surface area contributed by atoms with Crippen LogP contribution in [0.3, 0.4) is 0 Å². The number of anilines is 1. The van der Waals surface area contributed by atoms with Crippen LogP contribution in [0.15, 0.2) is 48.5 Å². The molecule has 0 fully saturated rings. The Balaban J connectivity index is 2.01. The zero-order valence-electron chi connectivity index (χ0n) is 10.3. The van der Waals surface area contributed by atoms with Gasteiger partial charge in [0.25, 0.3) is 0 Å².